The van der Waals surface area contributed by atoms with Crippen LogP contribution in [0.2, 0.25) is 0 Å². The fraction of sp³-hybridized carbons (Fsp3) is 0.647. The molecule has 1 aliphatic carbocycles. The van der Waals surface area contributed by atoms with Crippen LogP contribution in [0.25, 0.3) is 0 Å². The first-order valence-electron chi connectivity index (χ1n) is 7.58. The van der Waals surface area contributed by atoms with Crippen molar-refractivity contribution in [1.29, 1.82) is 0 Å². The van der Waals surface area contributed by atoms with Crippen LogP contribution in [-0.2, 0) is 0 Å². The zero-order valence-corrected chi connectivity index (χ0v) is 12.6. The van der Waals surface area contributed by atoms with E-state index in [0.717, 1.165) is 35.8 Å². The number of aliphatic hydroxyl groups is 1. The molecule has 0 saturated heterocycles. The van der Waals surface area contributed by atoms with Crippen molar-refractivity contribution in [2.24, 2.45) is 11.8 Å². The lowest BCUT2D eigenvalue weighted by Crippen LogP contribution is -2.46. The largest absolute Gasteiger partial charge is 0.497 e. The van der Waals surface area contributed by atoms with Crippen LogP contribution in [0.4, 0.5) is 0 Å². The maximum Gasteiger partial charge on any atom is 0.126 e. The van der Waals surface area contributed by atoms with E-state index in [1.54, 1.807) is 7.11 Å². The van der Waals surface area contributed by atoms with Gasteiger partial charge >= 0.3 is 0 Å². The highest BCUT2D eigenvalue weighted by Gasteiger charge is 2.44. The zero-order chi connectivity index (χ0) is 14.3. The molecular formula is C17H24O3. The van der Waals surface area contributed by atoms with E-state index < -0.39 is 6.10 Å². The van der Waals surface area contributed by atoms with Gasteiger partial charge in [0.1, 0.15) is 17.1 Å². The Balaban J connectivity index is 1.89. The summed E-state index contributed by atoms with van der Waals surface area (Å²) in [4.78, 5) is 0. The number of aliphatic hydroxyl groups excluding tert-OH is 1. The van der Waals surface area contributed by atoms with Crippen molar-refractivity contribution >= 4 is 0 Å². The van der Waals surface area contributed by atoms with Crippen molar-refractivity contribution in [1.82, 2.24) is 0 Å². The molecule has 3 rings (SSSR count). The van der Waals surface area contributed by atoms with Gasteiger partial charge in [0.05, 0.1) is 13.2 Å². The fourth-order valence-corrected chi connectivity index (χ4v) is 3.69. The van der Waals surface area contributed by atoms with Crippen molar-refractivity contribution in [3.63, 3.8) is 0 Å². The summed E-state index contributed by atoms with van der Waals surface area (Å²) in [6, 6.07) is 5.72. The van der Waals surface area contributed by atoms with E-state index in [1.165, 1.54) is 6.42 Å². The Morgan fingerprint density at radius 1 is 1.25 bits per heavy atom. The first-order valence-corrected chi connectivity index (χ1v) is 7.58. The predicted molar refractivity (Wildman–Crippen MR) is 78.1 cm³/mol. The van der Waals surface area contributed by atoms with E-state index in [0.29, 0.717) is 12.3 Å². The number of methoxy groups -OCH3 is 1. The Hall–Kier alpha value is -1.22. The summed E-state index contributed by atoms with van der Waals surface area (Å²) in [6.07, 6.45) is 3.51. The van der Waals surface area contributed by atoms with E-state index in [-0.39, 0.29) is 5.60 Å². The van der Waals surface area contributed by atoms with Gasteiger partial charge in [0.2, 0.25) is 0 Å². The minimum atomic E-state index is -0.450. The molecule has 0 radical (unpaired) electrons. The summed E-state index contributed by atoms with van der Waals surface area (Å²) in [6.45, 7) is 4.61. The Morgan fingerprint density at radius 2 is 2.05 bits per heavy atom. The molecule has 3 heteroatoms. The quantitative estimate of drug-likeness (QED) is 0.850. The van der Waals surface area contributed by atoms with Crippen LogP contribution in [0.1, 0.15) is 51.2 Å². The van der Waals surface area contributed by atoms with Crippen LogP contribution in [-0.4, -0.2) is 17.8 Å². The molecule has 1 spiro atoms. The molecule has 110 valence electrons. The second-order valence-corrected chi connectivity index (χ2v) is 6.61. The molecule has 4 unspecified atom stereocenters. The van der Waals surface area contributed by atoms with Crippen LogP contribution >= 0.6 is 0 Å². The molecule has 1 aliphatic heterocycles. The van der Waals surface area contributed by atoms with E-state index in [1.807, 2.05) is 18.2 Å². The molecule has 0 amide bonds. The molecule has 1 saturated carbocycles. The number of ether oxygens (including phenoxy) is 2. The lowest BCUT2D eigenvalue weighted by molar-refractivity contribution is -0.0602. The van der Waals surface area contributed by atoms with Gasteiger partial charge in [-0.1, -0.05) is 13.8 Å². The molecule has 1 aromatic rings. The Bertz CT molecular complexity index is 499. The molecule has 2 aliphatic rings. The number of fused-ring (bicyclic) bond motifs is 1. The Morgan fingerprint density at radius 3 is 2.75 bits per heavy atom. The van der Waals surface area contributed by atoms with Gasteiger partial charge in [0.15, 0.2) is 0 Å². The molecular weight excluding hydrogens is 252 g/mol. The smallest absolute Gasteiger partial charge is 0.126 e. The van der Waals surface area contributed by atoms with Crippen molar-refractivity contribution in [2.45, 2.75) is 51.2 Å². The zero-order valence-electron chi connectivity index (χ0n) is 12.6. The Kier molecular flexibility index (Phi) is 3.41. The number of hydrogen-bond donors (Lipinski definition) is 1. The van der Waals surface area contributed by atoms with E-state index in [4.69, 9.17) is 9.47 Å². The van der Waals surface area contributed by atoms with Crippen LogP contribution < -0.4 is 9.47 Å². The minimum absolute atomic E-state index is 0.174. The second kappa shape index (κ2) is 4.96. The number of rotatable bonds is 1. The van der Waals surface area contributed by atoms with Crippen LogP contribution in [0.3, 0.4) is 0 Å². The van der Waals surface area contributed by atoms with Crippen LogP contribution in [0, 0.1) is 11.8 Å². The van der Waals surface area contributed by atoms with Gasteiger partial charge in [-0.2, -0.15) is 0 Å². The van der Waals surface area contributed by atoms with E-state index in [9.17, 15) is 5.11 Å². The van der Waals surface area contributed by atoms with Gasteiger partial charge in [-0.05, 0) is 49.3 Å². The first-order chi connectivity index (χ1) is 9.53. The highest BCUT2D eigenvalue weighted by Crippen LogP contribution is 2.49. The molecule has 0 aromatic heterocycles. The third-order valence-electron chi connectivity index (χ3n) is 5.19. The van der Waals surface area contributed by atoms with Crippen molar-refractivity contribution in [2.75, 3.05) is 7.11 Å². The lowest BCUT2D eigenvalue weighted by Gasteiger charge is -2.46. The summed E-state index contributed by atoms with van der Waals surface area (Å²) in [7, 11) is 1.64. The molecule has 3 nitrogen and oxygen atoms in total. The van der Waals surface area contributed by atoms with Gasteiger partial charge < -0.3 is 14.6 Å². The Labute approximate surface area is 120 Å². The first kappa shape index (κ1) is 13.7. The lowest BCUT2D eigenvalue weighted by atomic mass is 9.69. The molecule has 1 fully saturated rings. The molecule has 1 aromatic carbocycles. The summed E-state index contributed by atoms with van der Waals surface area (Å²) >= 11 is 0. The second-order valence-electron chi connectivity index (χ2n) is 6.61. The normalized spacial score (nSPS) is 36.3. The van der Waals surface area contributed by atoms with Gasteiger partial charge in [0.25, 0.3) is 0 Å². The summed E-state index contributed by atoms with van der Waals surface area (Å²) in [5.41, 5.74) is 0.689. The van der Waals surface area contributed by atoms with Gasteiger partial charge in [-0.15, -0.1) is 0 Å². The summed E-state index contributed by atoms with van der Waals surface area (Å²) in [5, 5.41) is 10.5. The van der Waals surface area contributed by atoms with Gasteiger partial charge in [0, 0.05) is 12.0 Å². The highest BCUT2D eigenvalue weighted by molar-refractivity contribution is 5.43. The molecule has 1 heterocycles. The van der Waals surface area contributed by atoms with Gasteiger partial charge in [-0.3, -0.25) is 0 Å². The monoisotopic (exact) mass is 276 g/mol. The third kappa shape index (κ3) is 2.28. The van der Waals surface area contributed by atoms with Crippen LogP contribution in [0.5, 0.6) is 11.5 Å². The molecule has 0 bridgehead atoms. The summed E-state index contributed by atoms with van der Waals surface area (Å²) in [5.74, 6) is 2.99. The standard InChI is InChI=1S/C17H24O3/c1-11-6-7-17(9-12(11)2)10-15(18)14-8-13(19-3)4-5-16(14)20-17/h4-5,8,11-12,15,18H,6-7,9-10H2,1-3H3. The predicted octanol–water partition coefficient (Wildman–Crippen LogP) is 3.71. The molecule has 4 atom stereocenters. The van der Waals surface area contributed by atoms with Crippen molar-refractivity contribution < 1.29 is 14.6 Å². The molecule has 20 heavy (non-hydrogen) atoms. The maximum atomic E-state index is 10.5. The number of hydrogen-bond acceptors (Lipinski definition) is 3. The fourth-order valence-electron chi connectivity index (χ4n) is 3.69. The van der Waals surface area contributed by atoms with Gasteiger partial charge in [-0.25, -0.2) is 0 Å². The summed E-state index contributed by atoms with van der Waals surface area (Å²) < 4.78 is 11.6. The topological polar surface area (TPSA) is 38.7 Å². The SMILES string of the molecule is COc1ccc2c(c1)C(O)CC1(CCC(C)C(C)C1)O2. The molecule has 1 N–H and O–H groups in total. The average molecular weight is 276 g/mol. The van der Waals surface area contributed by atoms with Crippen LogP contribution in [0.15, 0.2) is 18.2 Å². The van der Waals surface area contributed by atoms with Crippen molar-refractivity contribution in [3.05, 3.63) is 23.8 Å². The minimum Gasteiger partial charge on any atom is -0.497 e. The van der Waals surface area contributed by atoms with Crippen molar-refractivity contribution in [3.8, 4) is 11.5 Å². The van der Waals surface area contributed by atoms with E-state index >= 15 is 0 Å². The highest BCUT2D eigenvalue weighted by atomic mass is 16.5. The number of benzene rings is 1. The van der Waals surface area contributed by atoms with E-state index in [2.05, 4.69) is 13.8 Å². The third-order valence-corrected chi connectivity index (χ3v) is 5.19. The average Bonchev–Trinajstić information content (AvgIpc) is 2.43. The maximum absolute atomic E-state index is 10.5.